The van der Waals surface area contributed by atoms with Crippen LogP contribution in [0.5, 0.6) is 17.2 Å². The highest BCUT2D eigenvalue weighted by atomic mass is 35.5. The Balaban J connectivity index is 1.76. The van der Waals surface area contributed by atoms with Crippen LogP contribution in [0.3, 0.4) is 0 Å². The molecule has 0 saturated carbocycles. The van der Waals surface area contributed by atoms with E-state index in [-0.39, 0.29) is 4.90 Å². The molecule has 8 heteroatoms. The summed E-state index contributed by atoms with van der Waals surface area (Å²) in [6.45, 7) is 2.17. The molecule has 0 aliphatic heterocycles. The van der Waals surface area contributed by atoms with E-state index in [1.807, 2.05) is 0 Å². The van der Waals surface area contributed by atoms with Crippen molar-refractivity contribution in [1.29, 1.82) is 0 Å². The van der Waals surface area contributed by atoms with Crippen LogP contribution in [0.15, 0.2) is 71.9 Å². The number of para-hydroxylation sites is 1. The van der Waals surface area contributed by atoms with Crippen molar-refractivity contribution in [3.63, 3.8) is 0 Å². The number of ether oxygens (including phenoxy) is 2. The number of sulfonamides is 1. The van der Waals surface area contributed by atoms with E-state index in [0.29, 0.717) is 34.6 Å². The lowest BCUT2D eigenvalue weighted by molar-refractivity contribution is 0.331. The predicted molar refractivity (Wildman–Crippen MR) is 104 cm³/mol. The Morgan fingerprint density at radius 2 is 1.78 bits per heavy atom. The van der Waals surface area contributed by atoms with Gasteiger partial charge in [-0.2, -0.15) is 0 Å². The van der Waals surface area contributed by atoms with Gasteiger partial charge in [-0.1, -0.05) is 23.7 Å². The van der Waals surface area contributed by atoms with Gasteiger partial charge in [0.15, 0.2) is 0 Å². The van der Waals surface area contributed by atoms with Gasteiger partial charge in [-0.15, -0.1) is 0 Å². The van der Waals surface area contributed by atoms with Crippen LogP contribution in [0.4, 0.5) is 5.69 Å². The minimum Gasteiger partial charge on any atom is -0.492 e. The van der Waals surface area contributed by atoms with E-state index in [0.717, 1.165) is 0 Å². The molecule has 0 saturated heterocycles. The fraction of sp³-hybridized carbons (Fsp3) is 0.105. The van der Waals surface area contributed by atoms with Crippen molar-refractivity contribution in [2.24, 2.45) is 0 Å². The monoisotopic (exact) mass is 404 g/mol. The summed E-state index contributed by atoms with van der Waals surface area (Å²) in [5.41, 5.74) is 0.401. The highest BCUT2D eigenvalue weighted by Crippen LogP contribution is 2.28. The molecule has 0 fully saturated rings. The third-order valence-electron chi connectivity index (χ3n) is 3.46. The predicted octanol–water partition coefficient (Wildman–Crippen LogP) is 4.73. The Labute approximate surface area is 162 Å². The Bertz CT molecular complexity index is 1020. The van der Waals surface area contributed by atoms with Gasteiger partial charge in [0.1, 0.15) is 22.1 Å². The van der Waals surface area contributed by atoms with Crippen molar-refractivity contribution in [3.05, 3.63) is 72.0 Å². The van der Waals surface area contributed by atoms with Gasteiger partial charge in [0.05, 0.1) is 17.8 Å². The summed E-state index contributed by atoms with van der Waals surface area (Å²) in [5.74, 6) is 1.32. The van der Waals surface area contributed by atoms with Crippen molar-refractivity contribution >= 4 is 27.3 Å². The molecule has 1 heterocycles. The number of hydrogen-bond acceptors (Lipinski definition) is 5. The molecule has 0 spiro atoms. The normalized spacial score (nSPS) is 11.0. The molecular weight excluding hydrogens is 388 g/mol. The second kappa shape index (κ2) is 8.28. The van der Waals surface area contributed by atoms with Crippen LogP contribution in [0.1, 0.15) is 6.92 Å². The minimum atomic E-state index is -3.79. The second-order valence-corrected chi connectivity index (χ2v) is 7.54. The number of rotatable bonds is 7. The molecule has 0 bridgehead atoms. The fourth-order valence-corrected chi connectivity index (χ4v) is 3.70. The van der Waals surface area contributed by atoms with Crippen molar-refractivity contribution in [2.75, 3.05) is 11.3 Å². The number of benzene rings is 2. The Kier molecular flexibility index (Phi) is 5.83. The van der Waals surface area contributed by atoms with E-state index in [1.165, 1.54) is 18.5 Å². The zero-order valence-electron chi connectivity index (χ0n) is 14.4. The van der Waals surface area contributed by atoms with Crippen LogP contribution >= 0.6 is 11.6 Å². The van der Waals surface area contributed by atoms with Gasteiger partial charge < -0.3 is 9.47 Å². The molecule has 2 aromatic carbocycles. The van der Waals surface area contributed by atoms with E-state index >= 15 is 0 Å². The smallest absolute Gasteiger partial charge is 0.265 e. The topological polar surface area (TPSA) is 77.5 Å². The number of nitrogens with zero attached hydrogens (tertiary/aromatic N) is 1. The third kappa shape index (κ3) is 4.90. The SMILES string of the molecule is CCOc1ccccc1S(=O)(=O)Nc1ccc(Oc2cncc(Cl)c2)cc1. The molecule has 0 amide bonds. The first-order chi connectivity index (χ1) is 13.0. The van der Waals surface area contributed by atoms with Crippen LogP contribution in [0, 0.1) is 0 Å². The molecule has 1 aromatic heterocycles. The van der Waals surface area contributed by atoms with Gasteiger partial charge in [0.2, 0.25) is 0 Å². The lowest BCUT2D eigenvalue weighted by Crippen LogP contribution is -2.14. The van der Waals surface area contributed by atoms with Gasteiger partial charge in [0, 0.05) is 18.0 Å². The van der Waals surface area contributed by atoms with E-state index in [4.69, 9.17) is 21.1 Å². The highest BCUT2D eigenvalue weighted by Gasteiger charge is 2.19. The molecule has 6 nitrogen and oxygen atoms in total. The van der Waals surface area contributed by atoms with Crippen LogP contribution in [0.2, 0.25) is 5.02 Å². The van der Waals surface area contributed by atoms with Crippen molar-refractivity contribution in [2.45, 2.75) is 11.8 Å². The van der Waals surface area contributed by atoms with Crippen molar-refractivity contribution in [1.82, 2.24) is 4.98 Å². The van der Waals surface area contributed by atoms with E-state index in [2.05, 4.69) is 9.71 Å². The number of pyridine rings is 1. The number of aromatic nitrogens is 1. The third-order valence-corrected chi connectivity index (χ3v) is 5.09. The summed E-state index contributed by atoms with van der Waals surface area (Å²) in [6.07, 6.45) is 3.04. The highest BCUT2D eigenvalue weighted by molar-refractivity contribution is 7.92. The van der Waals surface area contributed by atoms with Crippen LogP contribution < -0.4 is 14.2 Å². The van der Waals surface area contributed by atoms with Crippen LogP contribution in [-0.4, -0.2) is 20.0 Å². The molecule has 0 atom stereocenters. The first kappa shape index (κ1) is 19.0. The van der Waals surface area contributed by atoms with Crippen molar-refractivity contribution in [3.8, 4) is 17.2 Å². The maximum atomic E-state index is 12.7. The second-order valence-electron chi connectivity index (χ2n) is 5.45. The van der Waals surface area contributed by atoms with E-state index < -0.39 is 10.0 Å². The van der Waals surface area contributed by atoms with Crippen LogP contribution in [-0.2, 0) is 10.0 Å². The number of hydrogen-bond donors (Lipinski definition) is 1. The molecule has 1 N–H and O–H groups in total. The van der Waals surface area contributed by atoms with Gasteiger partial charge in [0.25, 0.3) is 10.0 Å². The molecule has 140 valence electrons. The van der Waals surface area contributed by atoms with Gasteiger partial charge >= 0.3 is 0 Å². The quantitative estimate of drug-likeness (QED) is 0.616. The lowest BCUT2D eigenvalue weighted by atomic mass is 10.3. The number of halogens is 1. The molecule has 0 radical (unpaired) electrons. The summed E-state index contributed by atoms with van der Waals surface area (Å²) < 4.78 is 38.9. The van der Waals surface area contributed by atoms with E-state index in [1.54, 1.807) is 55.5 Å². The lowest BCUT2D eigenvalue weighted by Gasteiger charge is -2.13. The minimum absolute atomic E-state index is 0.0807. The first-order valence-corrected chi connectivity index (χ1v) is 9.97. The maximum Gasteiger partial charge on any atom is 0.265 e. The number of anilines is 1. The molecule has 0 aliphatic carbocycles. The molecule has 0 unspecified atom stereocenters. The summed E-state index contributed by atoms with van der Waals surface area (Å²) in [6, 6.07) is 14.6. The molecular formula is C19H17ClN2O4S. The molecule has 3 aromatic rings. The Morgan fingerprint density at radius 1 is 1.04 bits per heavy atom. The summed E-state index contributed by atoms with van der Waals surface area (Å²) in [4.78, 5) is 4.02. The maximum absolute atomic E-state index is 12.7. The summed E-state index contributed by atoms with van der Waals surface area (Å²) in [5, 5.41) is 0.463. The molecule has 3 rings (SSSR count). The van der Waals surface area contributed by atoms with E-state index in [9.17, 15) is 8.42 Å². The number of nitrogens with one attached hydrogen (secondary N) is 1. The largest absolute Gasteiger partial charge is 0.492 e. The average Bonchev–Trinajstić information content (AvgIpc) is 2.64. The molecule has 0 aliphatic rings. The van der Waals surface area contributed by atoms with Gasteiger partial charge in [-0.05, 0) is 43.3 Å². The fourth-order valence-electron chi connectivity index (χ4n) is 2.33. The zero-order valence-corrected chi connectivity index (χ0v) is 16.0. The van der Waals surface area contributed by atoms with Gasteiger partial charge in [-0.3, -0.25) is 9.71 Å². The average molecular weight is 405 g/mol. The Hall–Kier alpha value is -2.77. The molecule has 27 heavy (non-hydrogen) atoms. The first-order valence-electron chi connectivity index (χ1n) is 8.11. The van der Waals surface area contributed by atoms with Crippen LogP contribution in [0.25, 0.3) is 0 Å². The standard InChI is InChI=1S/C19H17ClN2O4S/c1-2-25-18-5-3-4-6-19(18)27(23,24)22-15-7-9-16(10-8-15)26-17-11-14(20)12-21-13-17/h3-13,22H,2H2,1H3. The zero-order chi connectivity index (χ0) is 19.3. The summed E-state index contributed by atoms with van der Waals surface area (Å²) >= 11 is 5.87. The van der Waals surface area contributed by atoms with Gasteiger partial charge in [-0.25, -0.2) is 8.42 Å². The Morgan fingerprint density at radius 3 is 2.48 bits per heavy atom. The van der Waals surface area contributed by atoms with Crippen molar-refractivity contribution < 1.29 is 17.9 Å². The summed E-state index contributed by atoms with van der Waals surface area (Å²) in [7, 11) is -3.79.